The van der Waals surface area contributed by atoms with Gasteiger partial charge in [0.05, 0.1) is 6.10 Å². The van der Waals surface area contributed by atoms with Crippen molar-refractivity contribution in [2.45, 2.75) is 32.5 Å². The van der Waals surface area contributed by atoms with Crippen molar-refractivity contribution in [2.75, 3.05) is 0 Å². The number of hydrogen-bond donors (Lipinski definition) is 2. The molecule has 2 atom stereocenters. The molecule has 0 amide bonds. The number of aliphatic carboxylic acids is 1. The third kappa shape index (κ3) is 3.42. The number of benzene rings is 1. The quantitative estimate of drug-likeness (QED) is 0.830. The molecule has 5 heteroatoms. The summed E-state index contributed by atoms with van der Waals surface area (Å²) >= 11 is 0. The molecule has 0 spiro atoms. The van der Waals surface area contributed by atoms with Crippen LogP contribution >= 0.6 is 0 Å². The van der Waals surface area contributed by atoms with Crippen LogP contribution in [-0.2, 0) is 4.79 Å². The lowest BCUT2D eigenvalue weighted by atomic mass is 10.1. The fourth-order valence-corrected chi connectivity index (χ4v) is 1.42. The molecule has 1 rings (SSSR count). The van der Waals surface area contributed by atoms with E-state index >= 15 is 0 Å². The lowest BCUT2D eigenvalue weighted by molar-refractivity contribution is -0.145. The average Bonchev–Trinajstić information content (AvgIpc) is 2.25. The highest BCUT2D eigenvalue weighted by atomic mass is 19.1. The molecule has 94 valence electrons. The van der Waals surface area contributed by atoms with Crippen molar-refractivity contribution in [3.8, 4) is 5.75 Å². The van der Waals surface area contributed by atoms with Crippen LogP contribution in [0.3, 0.4) is 0 Å². The third-order valence-electron chi connectivity index (χ3n) is 2.34. The zero-order chi connectivity index (χ0) is 13.0. The normalized spacial score (nSPS) is 14.1. The van der Waals surface area contributed by atoms with E-state index in [1.165, 1.54) is 19.1 Å². The number of aliphatic hydroxyl groups excluding tert-OH is 1. The lowest BCUT2D eigenvalue weighted by Gasteiger charge is -2.17. The Balaban J connectivity index is 3.02. The van der Waals surface area contributed by atoms with Crippen molar-refractivity contribution in [3.63, 3.8) is 0 Å². The van der Waals surface area contributed by atoms with Gasteiger partial charge >= 0.3 is 5.97 Å². The monoisotopic (exact) mass is 242 g/mol. The summed E-state index contributed by atoms with van der Waals surface area (Å²) in [6.07, 6.45) is -1.64. The van der Waals surface area contributed by atoms with E-state index in [1.807, 2.05) is 0 Å². The molecule has 1 aromatic rings. The van der Waals surface area contributed by atoms with E-state index in [4.69, 9.17) is 9.84 Å². The summed E-state index contributed by atoms with van der Waals surface area (Å²) in [7, 11) is 0. The van der Waals surface area contributed by atoms with Crippen molar-refractivity contribution in [2.24, 2.45) is 0 Å². The number of ether oxygens (including phenoxy) is 1. The van der Waals surface area contributed by atoms with Crippen LogP contribution < -0.4 is 4.74 Å². The van der Waals surface area contributed by atoms with Gasteiger partial charge in [-0.3, -0.25) is 0 Å². The SMILES string of the molecule is CCC(Oc1cc(F)ccc1[C@H](C)O)C(=O)O. The first-order chi connectivity index (χ1) is 7.95. The lowest BCUT2D eigenvalue weighted by Crippen LogP contribution is -2.26. The standard InChI is InChI=1S/C12H15FO4/c1-3-10(12(15)16)17-11-6-8(13)4-5-9(11)7(2)14/h4-7,10,14H,3H2,1-2H3,(H,15,16)/t7-,10?/m0/s1. The highest BCUT2D eigenvalue weighted by Gasteiger charge is 2.20. The maximum atomic E-state index is 13.1. The molecule has 17 heavy (non-hydrogen) atoms. The van der Waals surface area contributed by atoms with Crippen LogP contribution in [0.5, 0.6) is 5.75 Å². The van der Waals surface area contributed by atoms with Gasteiger partial charge in [-0.2, -0.15) is 0 Å². The van der Waals surface area contributed by atoms with Crippen molar-refractivity contribution in [1.29, 1.82) is 0 Å². The molecule has 0 aliphatic heterocycles. The van der Waals surface area contributed by atoms with E-state index in [9.17, 15) is 14.3 Å². The van der Waals surface area contributed by atoms with Gasteiger partial charge in [-0.05, 0) is 25.5 Å². The Hall–Kier alpha value is -1.62. The van der Waals surface area contributed by atoms with E-state index in [0.717, 1.165) is 6.07 Å². The highest BCUT2D eigenvalue weighted by molar-refractivity contribution is 5.72. The molecule has 0 heterocycles. The molecular formula is C12H15FO4. The van der Waals surface area contributed by atoms with E-state index in [2.05, 4.69) is 0 Å². The van der Waals surface area contributed by atoms with Gasteiger partial charge in [-0.15, -0.1) is 0 Å². The summed E-state index contributed by atoms with van der Waals surface area (Å²) in [6.45, 7) is 3.15. The molecule has 0 aliphatic rings. The summed E-state index contributed by atoms with van der Waals surface area (Å²) in [5, 5.41) is 18.3. The second-order valence-corrected chi connectivity index (χ2v) is 3.71. The van der Waals surface area contributed by atoms with Gasteiger partial charge in [0.25, 0.3) is 0 Å². The van der Waals surface area contributed by atoms with Gasteiger partial charge in [-0.25, -0.2) is 9.18 Å². The first-order valence-corrected chi connectivity index (χ1v) is 5.32. The molecule has 0 saturated carbocycles. The summed E-state index contributed by atoms with van der Waals surface area (Å²) < 4.78 is 18.3. The van der Waals surface area contributed by atoms with E-state index in [1.54, 1.807) is 6.92 Å². The Morgan fingerprint density at radius 3 is 2.65 bits per heavy atom. The van der Waals surface area contributed by atoms with Gasteiger partial charge in [0.1, 0.15) is 11.6 Å². The predicted molar refractivity (Wildman–Crippen MR) is 59.4 cm³/mol. The Bertz CT molecular complexity index is 403. The molecule has 2 N–H and O–H groups in total. The maximum Gasteiger partial charge on any atom is 0.344 e. The van der Waals surface area contributed by atoms with E-state index < -0.39 is 24.0 Å². The topological polar surface area (TPSA) is 66.8 Å². The molecule has 1 aromatic carbocycles. The van der Waals surface area contributed by atoms with Crippen molar-refractivity contribution >= 4 is 5.97 Å². The Morgan fingerprint density at radius 2 is 2.18 bits per heavy atom. The first kappa shape index (κ1) is 13.4. The minimum absolute atomic E-state index is 0.0641. The molecule has 4 nitrogen and oxygen atoms in total. The Labute approximate surface area is 98.7 Å². The number of hydrogen-bond acceptors (Lipinski definition) is 3. The maximum absolute atomic E-state index is 13.1. The van der Waals surface area contributed by atoms with E-state index in [0.29, 0.717) is 5.56 Å². The van der Waals surface area contributed by atoms with Crippen LogP contribution in [0.4, 0.5) is 4.39 Å². The zero-order valence-electron chi connectivity index (χ0n) is 9.68. The fourth-order valence-electron chi connectivity index (χ4n) is 1.42. The number of rotatable bonds is 5. The minimum atomic E-state index is -1.12. The molecule has 0 radical (unpaired) electrons. The van der Waals surface area contributed by atoms with Crippen molar-refractivity contribution in [3.05, 3.63) is 29.6 Å². The van der Waals surface area contributed by atoms with Crippen LogP contribution in [0.15, 0.2) is 18.2 Å². The van der Waals surface area contributed by atoms with Crippen LogP contribution in [-0.4, -0.2) is 22.3 Å². The summed E-state index contributed by atoms with van der Waals surface area (Å²) in [6, 6.07) is 3.65. The van der Waals surface area contributed by atoms with Crippen LogP contribution in [0.2, 0.25) is 0 Å². The molecule has 0 aliphatic carbocycles. The second kappa shape index (κ2) is 5.63. The van der Waals surface area contributed by atoms with Crippen LogP contribution in [0.1, 0.15) is 31.9 Å². The van der Waals surface area contributed by atoms with Crippen molar-refractivity contribution in [1.82, 2.24) is 0 Å². The highest BCUT2D eigenvalue weighted by Crippen LogP contribution is 2.27. The number of carboxylic acid groups (broad SMARTS) is 1. The first-order valence-electron chi connectivity index (χ1n) is 5.32. The van der Waals surface area contributed by atoms with Crippen molar-refractivity contribution < 1.29 is 24.1 Å². The minimum Gasteiger partial charge on any atom is -0.479 e. The smallest absolute Gasteiger partial charge is 0.344 e. The molecular weight excluding hydrogens is 227 g/mol. The molecule has 0 aromatic heterocycles. The van der Waals surface area contributed by atoms with Gasteiger partial charge in [0.15, 0.2) is 6.10 Å². The largest absolute Gasteiger partial charge is 0.479 e. The Morgan fingerprint density at radius 1 is 1.53 bits per heavy atom. The van der Waals surface area contributed by atoms with Gasteiger partial charge < -0.3 is 14.9 Å². The number of carboxylic acids is 1. The van der Waals surface area contributed by atoms with E-state index in [-0.39, 0.29) is 12.2 Å². The van der Waals surface area contributed by atoms with Crippen LogP contribution in [0.25, 0.3) is 0 Å². The van der Waals surface area contributed by atoms with Gasteiger partial charge in [-0.1, -0.05) is 6.92 Å². The average molecular weight is 242 g/mol. The molecule has 0 fully saturated rings. The third-order valence-corrected chi connectivity index (χ3v) is 2.34. The zero-order valence-corrected chi connectivity index (χ0v) is 9.68. The van der Waals surface area contributed by atoms with Crippen LogP contribution in [0, 0.1) is 5.82 Å². The Kier molecular flexibility index (Phi) is 4.45. The molecule has 1 unspecified atom stereocenters. The predicted octanol–water partition coefficient (Wildman–Crippen LogP) is 2.12. The van der Waals surface area contributed by atoms with Gasteiger partial charge in [0.2, 0.25) is 0 Å². The number of halogens is 1. The fraction of sp³-hybridized carbons (Fsp3) is 0.417. The number of carbonyl (C=O) groups is 1. The number of aliphatic hydroxyl groups is 1. The summed E-state index contributed by atoms with van der Waals surface area (Å²) in [4.78, 5) is 10.8. The molecule has 0 saturated heterocycles. The summed E-state index contributed by atoms with van der Waals surface area (Å²) in [5.41, 5.74) is 0.367. The molecule has 0 bridgehead atoms. The second-order valence-electron chi connectivity index (χ2n) is 3.71. The van der Waals surface area contributed by atoms with Gasteiger partial charge in [0, 0.05) is 11.6 Å². The summed E-state index contributed by atoms with van der Waals surface area (Å²) in [5.74, 6) is -1.59.